The van der Waals surface area contributed by atoms with Crippen molar-refractivity contribution in [3.63, 3.8) is 0 Å². The van der Waals surface area contributed by atoms with Crippen LogP contribution in [-0.4, -0.2) is 6.23 Å². The van der Waals surface area contributed by atoms with Crippen molar-refractivity contribution in [1.29, 1.82) is 0 Å². The number of hydrogen-bond donors (Lipinski definition) is 1. The van der Waals surface area contributed by atoms with Crippen molar-refractivity contribution in [3.05, 3.63) is 125 Å². The van der Waals surface area contributed by atoms with Gasteiger partial charge in [-0.05, 0) is 42.7 Å². The standard InChI is InChI=1S/C27H25NO2/c1-20-16-17-23(29-20)18-19-26-28-25-15-9-8-14-24(25)27(30-26,21-10-4-2-5-11-21)22-12-6-3-7-13-22/h2-17,26,28H,18-19H2,1H3/t26-/m1/s1. The van der Waals surface area contributed by atoms with Gasteiger partial charge in [0, 0.05) is 17.7 Å². The van der Waals surface area contributed by atoms with Crippen molar-refractivity contribution in [2.75, 3.05) is 5.32 Å². The molecule has 3 aromatic carbocycles. The molecule has 2 heterocycles. The Kier molecular flexibility index (Phi) is 4.89. The molecule has 0 aliphatic carbocycles. The number of furan rings is 1. The zero-order valence-corrected chi connectivity index (χ0v) is 17.0. The van der Waals surface area contributed by atoms with Crippen molar-refractivity contribution in [2.45, 2.75) is 31.6 Å². The third kappa shape index (κ3) is 3.31. The van der Waals surface area contributed by atoms with E-state index in [1.165, 1.54) is 0 Å². The third-order valence-electron chi connectivity index (χ3n) is 5.75. The van der Waals surface area contributed by atoms with Gasteiger partial charge in [-0.2, -0.15) is 0 Å². The molecule has 0 radical (unpaired) electrons. The first-order valence-electron chi connectivity index (χ1n) is 10.5. The summed E-state index contributed by atoms with van der Waals surface area (Å²) < 4.78 is 12.7. The van der Waals surface area contributed by atoms with Gasteiger partial charge in [0.15, 0.2) is 0 Å². The lowest BCUT2D eigenvalue weighted by Crippen LogP contribution is -2.44. The molecule has 30 heavy (non-hydrogen) atoms. The lowest BCUT2D eigenvalue weighted by Gasteiger charge is -2.44. The second-order valence-electron chi connectivity index (χ2n) is 7.76. The second kappa shape index (κ2) is 7.85. The van der Waals surface area contributed by atoms with E-state index in [1.807, 2.05) is 31.2 Å². The monoisotopic (exact) mass is 395 g/mol. The van der Waals surface area contributed by atoms with E-state index in [2.05, 4.69) is 78.1 Å². The van der Waals surface area contributed by atoms with Crippen LogP contribution in [0, 0.1) is 6.92 Å². The molecule has 1 aliphatic rings. The molecule has 1 aromatic heterocycles. The van der Waals surface area contributed by atoms with Crippen LogP contribution in [0.4, 0.5) is 5.69 Å². The number of nitrogens with one attached hydrogen (secondary N) is 1. The summed E-state index contributed by atoms with van der Waals surface area (Å²) in [4.78, 5) is 0. The Bertz CT molecular complexity index is 1080. The molecule has 1 aliphatic heterocycles. The highest BCUT2D eigenvalue weighted by atomic mass is 16.5. The number of anilines is 1. The molecule has 0 unspecified atom stereocenters. The lowest BCUT2D eigenvalue weighted by atomic mass is 9.78. The van der Waals surface area contributed by atoms with Crippen LogP contribution in [0.5, 0.6) is 0 Å². The molecule has 3 nitrogen and oxygen atoms in total. The highest BCUT2D eigenvalue weighted by molar-refractivity contribution is 5.63. The van der Waals surface area contributed by atoms with Crippen LogP contribution < -0.4 is 5.32 Å². The Hall–Kier alpha value is -3.30. The van der Waals surface area contributed by atoms with Gasteiger partial charge >= 0.3 is 0 Å². The van der Waals surface area contributed by atoms with Crippen LogP contribution in [0.3, 0.4) is 0 Å². The highest BCUT2D eigenvalue weighted by Gasteiger charge is 2.44. The zero-order chi connectivity index (χ0) is 20.4. The van der Waals surface area contributed by atoms with Gasteiger partial charge in [0.05, 0.1) is 0 Å². The number of para-hydroxylation sites is 1. The summed E-state index contributed by atoms with van der Waals surface area (Å²) in [6.45, 7) is 1.98. The molecule has 0 saturated carbocycles. The second-order valence-corrected chi connectivity index (χ2v) is 7.76. The lowest BCUT2D eigenvalue weighted by molar-refractivity contribution is -0.0449. The van der Waals surface area contributed by atoms with Gasteiger partial charge in [0.1, 0.15) is 23.3 Å². The largest absolute Gasteiger partial charge is 0.466 e. The number of rotatable bonds is 5. The number of ether oxygens (including phenoxy) is 1. The van der Waals surface area contributed by atoms with Crippen LogP contribution in [0.2, 0.25) is 0 Å². The van der Waals surface area contributed by atoms with E-state index in [0.717, 1.165) is 46.7 Å². The number of hydrogen-bond acceptors (Lipinski definition) is 3. The fourth-order valence-electron chi connectivity index (χ4n) is 4.38. The summed E-state index contributed by atoms with van der Waals surface area (Å²) in [5, 5.41) is 3.60. The molecule has 0 amide bonds. The summed E-state index contributed by atoms with van der Waals surface area (Å²) in [6.07, 6.45) is 1.47. The smallest absolute Gasteiger partial charge is 0.148 e. The van der Waals surface area contributed by atoms with Crippen LogP contribution in [0.25, 0.3) is 0 Å². The molecule has 0 spiro atoms. The number of fused-ring (bicyclic) bond motifs is 1. The first kappa shape index (κ1) is 18.7. The van der Waals surface area contributed by atoms with Crippen molar-refractivity contribution in [3.8, 4) is 0 Å². The molecular formula is C27H25NO2. The number of aryl methyl sites for hydroxylation is 2. The Morgan fingerprint density at radius 3 is 2.03 bits per heavy atom. The molecule has 0 bridgehead atoms. The normalized spacial score (nSPS) is 17.2. The average molecular weight is 396 g/mol. The Balaban J connectivity index is 1.60. The van der Waals surface area contributed by atoms with E-state index >= 15 is 0 Å². The van der Waals surface area contributed by atoms with E-state index in [-0.39, 0.29) is 6.23 Å². The molecule has 4 aromatic rings. The van der Waals surface area contributed by atoms with E-state index in [9.17, 15) is 0 Å². The first-order chi connectivity index (χ1) is 14.8. The van der Waals surface area contributed by atoms with Gasteiger partial charge in [0.2, 0.25) is 0 Å². The van der Waals surface area contributed by atoms with Gasteiger partial charge in [-0.1, -0.05) is 78.9 Å². The third-order valence-corrected chi connectivity index (χ3v) is 5.75. The van der Waals surface area contributed by atoms with Crippen molar-refractivity contribution in [2.24, 2.45) is 0 Å². The van der Waals surface area contributed by atoms with Crippen molar-refractivity contribution < 1.29 is 9.15 Å². The number of benzene rings is 3. The van der Waals surface area contributed by atoms with E-state index in [0.29, 0.717) is 0 Å². The van der Waals surface area contributed by atoms with E-state index in [4.69, 9.17) is 9.15 Å². The fourth-order valence-corrected chi connectivity index (χ4v) is 4.38. The molecule has 5 rings (SSSR count). The van der Waals surface area contributed by atoms with Crippen molar-refractivity contribution >= 4 is 5.69 Å². The van der Waals surface area contributed by atoms with E-state index < -0.39 is 5.60 Å². The van der Waals surface area contributed by atoms with E-state index in [1.54, 1.807) is 0 Å². The Morgan fingerprint density at radius 2 is 1.40 bits per heavy atom. The SMILES string of the molecule is Cc1ccc(CC[C@@H]2Nc3ccccc3C(c3ccccc3)(c3ccccc3)O2)o1. The molecule has 0 fully saturated rings. The minimum Gasteiger partial charge on any atom is -0.466 e. The fraction of sp³-hybridized carbons (Fsp3) is 0.185. The summed E-state index contributed by atoms with van der Waals surface area (Å²) in [6, 6.07) is 33.5. The summed E-state index contributed by atoms with van der Waals surface area (Å²) in [5.41, 5.74) is 3.83. The topological polar surface area (TPSA) is 34.4 Å². The summed E-state index contributed by atoms with van der Waals surface area (Å²) in [5.74, 6) is 1.93. The van der Waals surface area contributed by atoms with Gasteiger partial charge < -0.3 is 14.5 Å². The maximum Gasteiger partial charge on any atom is 0.148 e. The van der Waals surface area contributed by atoms with Gasteiger partial charge in [-0.3, -0.25) is 0 Å². The molecular weight excluding hydrogens is 370 g/mol. The predicted molar refractivity (Wildman–Crippen MR) is 119 cm³/mol. The quantitative estimate of drug-likeness (QED) is 0.432. The maximum atomic E-state index is 6.95. The molecule has 3 heteroatoms. The first-order valence-corrected chi connectivity index (χ1v) is 10.5. The Labute approximate surface area is 177 Å². The van der Waals surface area contributed by atoms with Gasteiger partial charge in [-0.15, -0.1) is 0 Å². The molecule has 150 valence electrons. The minimum atomic E-state index is -0.673. The van der Waals surface area contributed by atoms with Crippen LogP contribution in [-0.2, 0) is 16.8 Å². The van der Waals surface area contributed by atoms with Gasteiger partial charge in [-0.25, -0.2) is 0 Å². The summed E-state index contributed by atoms with van der Waals surface area (Å²) >= 11 is 0. The van der Waals surface area contributed by atoms with Gasteiger partial charge in [0.25, 0.3) is 0 Å². The van der Waals surface area contributed by atoms with Crippen molar-refractivity contribution in [1.82, 2.24) is 0 Å². The Morgan fingerprint density at radius 1 is 0.767 bits per heavy atom. The summed E-state index contributed by atoms with van der Waals surface area (Å²) in [7, 11) is 0. The van der Waals surface area contributed by atoms with Crippen LogP contribution >= 0.6 is 0 Å². The zero-order valence-electron chi connectivity index (χ0n) is 17.0. The maximum absolute atomic E-state index is 6.95. The molecule has 0 saturated heterocycles. The average Bonchev–Trinajstić information content (AvgIpc) is 3.23. The molecule has 1 N–H and O–H groups in total. The predicted octanol–water partition coefficient (Wildman–Crippen LogP) is 6.28. The molecule has 1 atom stereocenters. The van der Waals surface area contributed by atoms with Crippen LogP contribution in [0.1, 0.15) is 34.6 Å². The van der Waals surface area contributed by atoms with Crippen LogP contribution in [0.15, 0.2) is 101 Å². The highest BCUT2D eigenvalue weighted by Crippen LogP contribution is 2.47. The minimum absolute atomic E-state index is 0.147.